The molecule has 0 fully saturated rings. The van der Waals surface area contributed by atoms with Crippen LogP contribution in [0.4, 0.5) is 0 Å². The van der Waals surface area contributed by atoms with Crippen molar-refractivity contribution in [3.05, 3.63) is 45.7 Å². The van der Waals surface area contributed by atoms with E-state index in [2.05, 4.69) is 21.8 Å². The number of aliphatic hydroxyl groups is 1. The van der Waals surface area contributed by atoms with Gasteiger partial charge in [-0.3, -0.25) is 4.79 Å². The Kier molecular flexibility index (Phi) is 4.78. The molecule has 0 amide bonds. The molecule has 0 saturated carbocycles. The van der Waals surface area contributed by atoms with Crippen molar-refractivity contribution in [2.45, 2.75) is 5.16 Å². The van der Waals surface area contributed by atoms with Gasteiger partial charge in [-0.2, -0.15) is 5.26 Å². The van der Waals surface area contributed by atoms with Crippen molar-refractivity contribution < 1.29 is 5.11 Å². The summed E-state index contributed by atoms with van der Waals surface area (Å²) in [6.45, 7) is -0.201. The molecule has 0 aliphatic carbocycles. The van der Waals surface area contributed by atoms with Crippen molar-refractivity contribution in [1.29, 1.82) is 5.26 Å². The Morgan fingerprint density at radius 3 is 2.67 bits per heavy atom. The van der Waals surface area contributed by atoms with Crippen molar-refractivity contribution in [1.82, 2.24) is 9.97 Å². The van der Waals surface area contributed by atoms with Crippen molar-refractivity contribution in [3.8, 4) is 29.2 Å². The summed E-state index contributed by atoms with van der Waals surface area (Å²) in [7, 11) is 0. The molecular formula is C15H11N3O2S. The number of rotatable bonds is 2. The van der Waals surface area contributed by atoms with Crippen LogP contribution in [-0.2, 0) is 0 Å². The highest BCUT2D eigenvalue weighted by Crippen LogP contribution is 2.21. The van der Waals surface area contributed by atoms with Gasteiger partial charge in [0.05, 0.1) is 5.69 Å². The molecule has 0 unspecified atom stereocenters. The molecule has 0 bridgehead atoms. The molecule has 2 aromatic rings. The Balaban J connectivity index is 2.53. The van der Waals surface area contributed by atoms with Gasteiger partial charge in [0.2, 0.25) is 0 Å². The van der Waals surface area contributed by atoms with E-state index in [0.717, 1.165) is 5.56 Å². The van der Waals surface area contributed by atoms with Gasteiger partial charge in [-0.25, -0.2) is 4.98 Å². The normalized spacial score (nSPS) is 9.57. The molecule has 0 saturated heterocycles. The lowest BCUT2D eigenvalue weighted by Crippen LogP contribution is -2.14. The van der Waals surface area contributed by atoms with Crippen LogP contribution in [0, 0.1) is 23.2 Å². The first-order valence-corrected chi connectivity index (χ1v) is 7.20. The molecule has 1 aromatic carbocycles. The maximum Gasteiger partial charge on any atom is 0.270 e. The Bertz CT molecular complexity index is 808. The quantitative estimate of drug-likeness (QED) is 0.496. The second-order valence-electron chi connectivity index (χ2n) is 3.95. The van der Waals surface area contributed by atoms with E-state index in [1.165, 1.54) is 11.8 Å². The van der Waals surface area contributed by atoms with Crippen LogP contribution < -0.4 is 5.56 Å². The van der Waals surface area contributed by atoms with Gasteiger partial charge in [-0.15, -0.1) is 0 Å². The standard InChI is InChI=1S/C15H11N3O2S/c1-21-15-17-13(12(9-16)14(20)18-15)11-6-4-10(5-7-11)3-2-8-19/h4-7,19H,8H2,1H3,(H,17,18,20). The molecule has 0 spiro atoms. The molecule has 0 atom stereocenters. The number of H-pyrrole nitrogens is 1. The average molecular weight is 297 g/mol. The molecular weight excluding hydrogens is 286 g/mol. The minimum atomic E-state index is -0.448. The molecule has 104 valence electrons. The molecule has 21 heavy (non-hydrogen) atoms. The summed E-state index contributed by atoms with van der Waals surface area (Å²) < 4.78 is 0. The van der Waals surface area contributed by atoms with Crippen LogP contribution in [0.25, 0.3) is 11.3 Å². The van der Waals surface area contributed by atoms with Gasteiger partial charge in [-0.1, -0.05) is 35.7 Å². The Morgan fingerprint density at radius 2 is 2.10 bits per heavy atom. The number of hydrogen-bond donors (Lipinski definition) is 2. The Morgan fingerprint density at radius 1 is 1.38 bits per heavy atom. The highest BCUT2D eigenvalue weighted by molar-refractivity contribution is 7.98. The molecule has 2 N–H and O–H groups in total. The first-order chi connectivity index (χ1) is 10.2. The van der Waals surface area contributed by atoms with Gasteiger partial charge in [0.15, 0.2) is 5.16 Å². The number of thioether (sulfide) groups is 1. The molecule has 0 aliphatic heterocycles. The third-order valence-electron chi connectivity index (χ3n) is 2.67. The van der Waals surface area contributed by atoms with Gasteiger partial charge in [0.1, 0.15) is 18.2 Å². The molecule has 1 aromatic heterocycles. The number of benzene rings is 1. The third-order valence-corrected chi connectivity index (χ3v) is 3.25. The Hall–Kier alpha value is -2.54. The molecule has 6 heteroatoms. The van der Waals surface area contributed by atoms with Crippen molar-refractivity contribution in [2.24, 2.45) is 0 Å². The van der Waals surface area contributed by atoms with Crippen molar-refractivity contribution >= 4 is 11.8 Å². The van der Waals surface area contributed by atoms with E-state index < -0.39 is 5.56 Å². The predicted octanol–water partition coefficient (Wildman–Crippen LogP) is 1.37. The minimum absolute atomic E-state index is 0.0120. The van der Waals surface area contributed by atoms with Crippen LogP contribution in [-0.4, -0.2) is 27.9 Å². The SMILES string of the molecule is CSc1nc(-c2ccc(C#CCO)cc2)c(C#N)c(=O)[nH]1. The lowest BCUT2D eigenvalue weighted by molar-refractivity contribution is 0.350. The summed E-state index contributed by atoms with van der Waals surface area (Å²) in [6, 6.07) is 8.88. The number of nitriles is 1. The van der Waals surface area contributed by atoms with E-state index >= 15 is 0 Å². The number of nitrogens with one attached hydrogen (secondary N) is 1. The lowest BCUT2D eigenvalue weighted by atomic mass is 10.1. The summed E-state index contributed by atoms with van der Waals surface area (Å²) in [4.78, 5) is 18.7. The second kappa shape index (κ2) is 6.76. The zero-order valence-electron chi connectivity index (χ0n) is 11.2. The fourth-order valence-electron chi connectivity index (χ4n) is 1.71. The van der Waals surface area contributed by atoms with Crippen LogP contribution in [0.1, 0.15) is 11.1 Å². The van der Waals surface area contributed by atoms with Gasteiger partial charge < -0.3 is 10.1 Å². The summed E-state index contributed by atoms with van der Waals surface area (Å²) in [5.41, 5.74) is 1.30. The van der Waals surface area contributed by atoms with Crippen LogP contribution in [0.15, 0.2) is 34.2 Å². The maximum absolute atomic E-state index is 11.9. The summed E-state index contributed by atoms with van der Waals surface area (Å²) in [6.07, 6.45) is 1.79. The smallest absolute Gasteiger partial charge is 0.270 e. The fraction of sp³-hybridized carbons (Fsp3) is 0.133. The molecule has 2 rings (SSSR count). The van der Waals surface area contributed by atoms with Gasteiger partial charge in [-0.05, 0) is 18.4 Å². The maximum atomic E-state index is 11.9. The van der Waals surface area contributed by atoms with Gasteiger partial charge >= 0.3 is 0 Å². The zero-order valence-corrected chi connectivity index (χ0v) is 12.0. The first-order valence-electron chi connectivity index (χ1n) is 5.98. The predicted molar refractivity (Wildman–Crippen MR) is 80.8 cm³/mol. The van der Waals surface area contributed by atoms with Crippen molar-refractivity contribution in [2.75, 3.05) is 12.9 Å². The highest BCUT2D eigenvalue weighted by Gasteiger charge is 2.12. The first kappa shape index (κ1) is 14.9. The molecule has 0 aliphatic rings. The molecule has 0 radical (unpaired) electrons. The van der Waals surface area contributed by atoms with Crippen LogP contribution in [0.5, 0.6) is 0 Å². The number of aliphatic hydroxyl groups excluding tert-OH is 1. The van der Waals surface area contributed by atoms with Crippen LogP contribution in [0.2, 0.25) is 0 Å². The Labute approximate surface area is 125 Å². The number of nitrogens with zero attached hydrogens (tertiary/aromatic N) is 2. The van der Waals surface area contributed by atoms with Gasteiger partial charge in [0.25, 0.3) is 5.56 Å². The average Bonchev–Trinajstić information content (AvgIpc) is 2.52. The largest absolute Gasteiger partial charge is 0.384 e. The van der Waals surface area contributed by atoms with E-state index in [1.807, 2.05) is 6.07 Å². The number of aromatic nitrogens is 2. The van der Waals surface area contributed by atoms with Crippen LogP contribution >= 0.6 is 11.8 Å². The number of aromatic amines is 1. The van der Waals surface area contributed by atoms with E-state index in [1.54, 1.807) is 30.5 Å². The molecule has 5 nitrogen and oxygen atoms in total. The highest BCUT2D eigenvalue weighted by atomic mass is 32.2. The molecule has 1 heterocycles. The van der Waals surface area contributed by atoms with Crippen LogP contribution in [0.3, 0.4) is 0 Å². The van der Waals surface area contributed by atoms with E-state index in [-0.39, 0.29) is 12.2 Å². The van der Waals surface area contributed by atoms with Gasteiger partial charge in [0, 0.05) is 11.1 Å². The fourth-order valence-corrected chi connectivity index (χ4v) is 2.09. The van der Waals surface area contributed by atoms with E-state index in [9.17, 15) is 4.79 Å². The second-order valence-corrected chi connectivity index (χ2v) is 4.74. The summed E-state index contributed by atoms with van der Waals surface area (Å²) in [5.74, 6) is 5.33. The summed E-state index contributed by atoms with van der Waals surface area (Å²) >= 11 is 1.30. The topological polar surface area (TPSA) is 89.8 Å². The zero-order chi connectivity index (χ0) is 15.2. The lowest BCUT2D eigenvalue weighted by Gasteiger charge is -2.05. The monoisotopic (exact) mass is 297 g/mol. The minimum Gasteiger partial charge on any atom is -0.384 e. The van der Waals surface area contributed by atoms with E-state index in [4.69, 9.17) is 10.4 Å². The van der Waals surface area contributed by atoms with E-state index in [0.29, 0.717) is 16.4 Å². The summed E-state index contributed by atoms with van der Waals surface area (Å²) in [5, 5.41) is 18.2. The van der Waals surface area contributed by atoms with Crippen molar-refractivity contribution in [3.63, 3.8) is 0 Å². The number of hydrogen-bond acceptors (Lipinski definition) is 5. The third kappa shape index (κ3) is 3.32.